The largest absolute Gasteiger partial charge is 0.355 e. The van der Waals surface area contributed by atoms with Gasteiger partial charge in [0, 0.05) is 30.4 Å². The number of aromatic nitrogens is 2. The van der Waals surface area contributed by atoms with Crippen LogP contribution in [0.5, 0.6) is 0 Å². The van der Waals surface area contributed by atoms with Crippen LogP contribution in [0.2, 0.25) is 0 Å². The Morgan fingerprint density at radius 1 is 1.11 bits per heavy atom. The van der Waals surface area contributed by atoms with Crippen LogP contribution in [0, 0.1) is 5.82 Å². The predicted octanol–water partition coefficient (Wildman–Crippen LogP) is 3.90. The molecule has 3 aromatic rings. The Morgan fingerprint density at radius 2 is 1.81 bits per heavy atom. The van der Waals surface area contributed by atoms with E-state index in [1.165, 1.54) is 17.7 Å². The summed E-state index contributed by atoms with van der Waals surface area (Å²) in [5, 5.41) is 6.84. The number of amides is 1. The Kier molecular flexibility index (Phi) is 5.64. The standard InChI is InChI=1S/C21H22FN3O2/c1-21(2,16-6-4-3-5-7-16)14-23-18(26)12-13-19-24-20(25-27-19)15-8-10-17(22)11-9-15/h3-11H,12-14H2,1-2H3,(H,23,26). The van der Waals surface area contributed by atoms with Gasteiger partial charge in [0.25, 0.3) is 0 Å². The summed E-state index contributed by atoms with van der Waals surface area (Å²) in [7, 11) is 0. The number of carbonyl (C=O) groups is 1. The number of hydrogen-bond acceptors (Lipinski definition) is 4. The fourth-order valence-electron chi connectivity index (χ4n) is 2.69. The van der Waals surface area contributed by atoms with Crippen molar-refractivity contribution in [3.05, 3.63) is 71.9 Å². The van der Waals surface area contributed by atoms with Gasteiger partial charge in [0.05, 0.1) is 0 Å². The van der Waals surface area contributed by atoms with Crippen molar-refractivity contribution in [3.63, 3.8) is 0 Å². The molecule has 0 radical (unpaired) electrons. The average molecular weight is 367 g/mol. The maximum absolute atomic E-state index is 13.0. The van der Waals surface area contributed by atoms with Crippen LogP contribution >= 0.6 is 0 Å². The second kappa shape index (κ2) is 8.12. The van der Waals surface area contributed by atoms with Crippen molar-refractivity contribution < 1.29 is 13.7 Å². The number of rotatable bonds is 7. The average Bonchev–Trinajstić information content (AvgIpc) is 3.15. The lowest BCUT2D eigenvalue weighted by molar-refractivity contribution is -0.121. The van der Waals surface area contributed by atoms with E-state index in [2.05, 4.69) is 41.4 Å². The minimum atomic E-state index is -0.322. The van der Waals surface area contributed by atoms with E-state index in [0.717, 1.165) is 0 Å². The maximum atomic E-state index is 13.0. The van der Waals surface area contributed by atoms with Gasteiger partial charge in [0.1, 0.15) is 5.82 Å². The summed E-state index contributed by atoms with van der Waals surface area (Å²) in [6.45, 7) is 4.73. The second-order valence-electron chi connectivity index (χ2n) is 7.05. The number of nitrogens with zero attached hydrogens (tertiary/aromatic N) is 2. The van der Waals surface area contributed by atoms with Gasteiger partial charge in [-0.05, 0) is 29.8 Å². The van der Waals surface area contributed by atoms with E-state index in [4.69, 9.17) is 4.52 Å². The first-order valence-corrected chi connectivity index (χ1v) is 8.85. The van der Waals surface area contributed by atoms with Gasteiger partial charge in [-0.25, -0.2) is 4.39 Å². The summed E-state index contributed by atoms with van der Waals surface area (Å²) in [6, 6.07) is 15.9. The lowest BCUT2D eigenvalue weighted by Crippen LogP contribution is -2.36. The molecule has 0 saturated heterocycles. The number of halogens is 1. The Hall–Kier alpha value is -3.02. The van der Waals surface area contributed by atoms with Gasteiger partial charge < -0.3 is 9.84 Å². The molecule has 0 aliphatic rings. The Labute approximate surface area is 157 Å². The molecule has 27 heavy (non-hydrogen) atoms. The van der Waals surface area contributed by atoms with Crippen LogP contribution in [0.3, 0.4) is 0 Å². The highest BCUT2D eigenvalue weighted by Gasteiger charge is 2.21. The van der Waals surface area contributed by atoms with Crippen LogP contribution < -0.4 is 5.32 Å². The number of benzene rings is 2. The fraction of sp³-hybridized carbons (Fsp3) is 0.286. The number of nitrogens with one attached hydrogen (secondary N) is 1. The SMILES string of the molecule is CC(C)(CNC(=O)CCc1nc(-c2ccc(F)cc2)no1)c1ccccc1. The molecule has 1 amide bonds. The lowest BCUT2D eigenvalue weighted by atomic mass is 9.84. The van der Waals surface area contributed by atoms with Gasteiger partial charge in [-0.2, -0.15) is 4.98 Å². The third-order valence-electron chi connectivity index (χ3n) is 4.42. The molecule has 3 rings (SSSR count). The molecule has 140 valence electrons. The lowest BCUT2D eigenvalue weighted by Gasteiger charge is -2.25. The summed E-state index contributed by atoms with van der Waals surface area (Å²) < 4.78 is 18.2. The minimum absolute atomic E-state index is 0.0689. The van der Waals surface area contributed by atoms with Crippen molar-refractivity contribution in [1.82, 2.24) is 15.5 Å². The molecule has 0 aliphatic heterocycles. The Balaban J connectivity index is 1.50. The van der Waals surface area contributed by atoms with Gasteiger partial charge in [-0.1, -0.05) is 49.3 Å². The monoisotopic (exact) mass is 367 g/mol. The Bertz CT molecular complexity index is 889. The molecule has 6 heteroatoms. The van der Waals surface area contributed by atoms with E-state index in [9.17, 15) is 9.18 Å². The smallest absolute Gasteiger partial charge is 0.227 e. The summed E-state index contributed by atoms with van der Waals surface area (Å²) in [5.41, 5.74) is 1.68. The van der Waals surface area contributed by atoms with E-state index in [-0.39, 0.29) is 23.6 Å². The summed E-state index contributed by atoms with van der Waals surface area (Å²) in [4.78, 5) is 16.4. The number of aryl methyl sites for hydroxylation is 1. The summed E-state index contributed by atoms with van der Waals surface area (Å²) in [5.74, 6) is 0.375. The molecule has 2 aromatic carbocycles. The maximum Gasteiger partial charge on any atom is 0.227 e. The third-order valence-corrected chi connectivity index (χ3v) is 4.42. The van der Waals surface area contributed by atoms with Crippen LogP contribution in [0.4, 0.5) is 4.39 Å². The zero-order valence-corrected chi connectivity index (χ0v) is 15.4. The van der Waals surface area contributed by atoms with Crippen LogP contribution in [0.1, 0.15) is 31.7 Å². The molecule has 0 saturated carbocycles. The van der Waals surface area contributed by atoms with Crippen LogP contribution in [-0.4, -0.2) is 22.6 Å². The molecule has 0 unspecified atom stereocenters. The van der Waals surface area contributed by atoms with E-state index in [0.29, 0.717) is 30.2 Å². The third kappa shape index (κ3) is 5.00. The van der Waals surface area contributed by atoms with Gasteiger partial charge in [0.15, 0.2) is 0 Å². The molecule has 1 heterocycles. The number of hydrogen-bond donors (Lipinski definition) is 1. The Morgan fingerprint density at radius 3 is 2.52 bits per heavy atom. The molecule has 0 aliphatic carbocycles. The van der Waals surface area contributed by atoms with E-state index in [1.807, 2.05) is 18.2 Å². The molecule has 1 N–H and O–H groups in total. The summed E-state index contributed by atoms with van der Waals surface area (Å²) in [6.07, 6.45) is 0.613. The van der Waals surface area contributed by atoms with Crippen molar-refractivity contribution in [2.75, 3.05) is 6.54 Å². The number of carbonyl (C=O) groups excluding carboxylic acids is 1. The summed E-state index contributed by atoms with van der Waals surface area (Å²) >= 11 is 0. The topological polar surface area (TPSA) is 68.0 Å². The van der Waals surface area contributed by atoms with Crippen molar-refractivity contribution >= 4 is 5.91 Å². The van der Waals surface area contributed by atoms with Crippen LogP contribution in [0.25, 0.3) is 11.4 Å². The first-order valence-electron chi connectivity index (χ1n) is 8.85. The highest BCUT2D eigenvalue weighted by molar-refractivity contribution is 5.76. The van der Waals surface area contributed by atoms with Crippen molar-refractivity contribution in [1.29, 1.82) is 0 Å². The highest BCUT2D eigenvalue weighted by Crippen LogP contribution is 2.21. The molecule has 0 fully saturated rings. The minimum Gasteiger partial charge on any atom is -0.355 e. The molecule has 5 nitrogen and oxygen atoms in total. The zero-order valence-electron chi connectivity index (χ0n) is 15.4. The van der Waals surface area contributed by atoms with Crippen molar-refractivity contribution in [2.24, 2.45) is 0 Å². The highest BCUT2D eigenvalue weighted by atomic mass is 19.1. The van der Waals surface area contributed by atoms with Crippen LogP contribution in [-0.2, 0) is 16.6 Å². The first-order chi connectivity index (χ1) is 12.9. The molecular formula is C21H22FN3O2. The quantitative estimate of drug-likeness (QED) is 0.688. The fourth-order valence-corrected chi connectivity index (χ4v) is 2.69. The van der Waals surface area contributed by atoms with E-state index >= 15 is 0 Å². The van der Waals surface area contributed by atoms with Gasteiger partial charge in [0.2, 0.25) is 17.6 Å². The first kappa shape index (κ1) is 18.8. The van der Waals surface area contributed by atoms with Gasteiger partial charge >= 0.3 is 0 Å². The molecular weight excluding hydrogens is 345 g/mol. The van der Waals surface area contributed by atoms with E-state index < -0.39 is 0 Å². The normalized spacial score (nSPS) is 11.4. The molecule has 0 spiro atoms. The molecule has 1 aromatic heterocycles. The van der Waals surface area contributed by atoms with Crippen LogP contribution in [0.15, 0.2) is 59.1 Å². The second-order valence-corrected chi connectivity index (χ2v) is 7.05. The zero-order chi connectivity index (χ0) is 19.3. The van der Waals surface area contributed by atoms with Gasteiger partial charge in [-0.15, -0.1) is 0 Å². The van der Waals surface area contributed by atoms with Gasteiger partial charge in [-0.3, -0.25) is 4.79 Å². The molecule has 0 bridgehead atoms. The van der Waals surface area contributed by atoms with E-state index in [1.54, 1.807) is 12.1 Å². The van der Waals surface area contributed by atoms with Crippen molar-refractivity contribution in [3.8, 4) is 11.4 Å². The predicted molar refractivity (Wildman–Crippen MR) is 100 cm³/mol. The van der Waals surface area contributed by atoms with Crippen molar-refractivity contribution in [2.45, 2.75) is 32.1 Å². The molecule has 0 atom stereocenters.